The number of aryl methyl sites for hydroxylation is 1. The third-order valence-corrected chi connectivity index (χ3v) is 6.19. The molecule has 0 aliphatic rings. The number of imidazole rings is 1. The predicted octanol–water partition coefficient (Wildman–Crippen LogP) is 2.80. The maximum Gasteiger partial charge on any atom is 0.339 e. The minimum absolute atomic E-state index is 0. The van der Waals surface area contributed by atoms with E-state index in [4.69, 9.17) is 4.74 Å². The van der Waals surface area contributed by atoms with Crippen LogP contribution in [0.5, 0.6) is 0 Å². The van der Waals surface area contributed by atoms with E-state index in [9.17, 15) is 23.3 Å². The number of nitro groups is 1. The topological polar surface area (TPSA) is 136 Å². The summed E-state index contributed by atoms with van der Waals surface area (Å²) in [5.74, 6) is -0.498. The molecule has 2 aromatic heterocycles. The number of sulfonamides is 1. The average molecular weight is 482 g/mol. The number of pyridine rings is 1. The summed E-state index contributed by atoms with van der Waals surface area (Å²) in [5.41, 5.74) is 1.25. The van der Waals surface area contributed by atoms with Gasteiger partial charge in [-0.2, -0.15) is 17.9 Å². The average Bonchev–Trinajstić information content (AvgIpc) is 3.14. The molecule has 0 fully saturated rings. The molecule has 0 radical (unpaired) electrons. The molecule has 170 valence electrons. The van der Waals surface area contributed by atoms with Crippen LogP contribution in [0.4, 0.5) is 5.69 Å². The van der Waals surface area contributed by atoms with Crippen molar-refractivity contribution in [3.63, 3.8) is 0 Å². The van der Waals surface area contributed by atoms with E-state index in [-0.39, 0.29) is 29.6 Å². The lowest BCUT2D eigenvalue weighted by molar-refractivity contribution is -0.385. The summed E-state index contributed by atoms with van der Waals surface area (Å²) < 4.78 is 33.0. The van der Waals surface area contributed by atoms with E-state index >= 15 is 0 Å². The Morgan fingerprint density at radius 1 is 1.34 bits per heavy atom. The number of hydrogen-bond donors (Lipinski definition) is 0. The van der Waals surface area contributed by atoms with E-state index in [1.165, 1.54) is 44.7 Å². The molecule has 0 amide bonds. The molecule has 0 unspecified atom stereocenters. The number of hydrogen-bond acceptors (Lipinski definition) is 8. The number of non-ortho nitro benzene ring substituents is 1. The minimum Gasteiger partial charge on any atom is -0.462 e. The van der Waals surface area contributed by atoms with Gasteiger partial charge in [-0.15, -0.1) is 12.4 Å². The number of hydrazone groups is 1. The molecule has 0 aliphatic carbocycles. The standard InChI is InChI=1S/C19H19N5O6S.ClH/c1-4-30-19(25)14-6-8-18-20-10-16(23(18)12-14)11-21-22(3)31(28,29)17-9-15(24(26)27)7-5-13(17)2;/h5-12H,4H2,1-3H3;1H/b21-11+;. The van der Waals surface area contributed by atoms with Crippen molar-refractivity contribution in [2.45, 2.75) is 18.7 Å². The van der Waals surface area contributed by atoms with Crippen LogP contribution in [0.15, 0.2) is 52.7 Å². The molecule has 0 spiro atoms. The lowest BCUT2D eigenvalue weighted by Gasteiger charge is -2.15. The van der Waals surface area contributed by atoms with E-state index < -0.39 is 20.9 Å². The molecule has 3 rings (SSSR count). The van der Waals surface area contributed by atoms with E-state index in [2.05, 4.69) is 10.1 Å². The molecular weight excluding hydrogens is 462 g/mol. The van der Waals surface area contributed by atoms with Gasteiger partial charge in [0, 0.05) is 25.4 Å². The van der Waals surface area contributed by atoms with Crippen LogP contribution in [0.25, 0.3) is 5.65 Å². The van der Waals surface area contributed by atoms with Gasteiger partial charge >= 0.3 is 5.97 Å². The van der Waals surface area contributed by atoms with Gasteiger partial charge in [0.2, 0.25) is 0 Å². The van der Waals surface area contributed by atoms with Gasteiger partial charge in [0.1, 0.15) is 5.65 Å². The van der Waals surface area contributed by atoms with Crippen LogP contribution in [0.1, 0.15) is 28.5 Å². The van der Waals surface area contributed by atoms with Crippen molar-refractivity contribution in [3.8, 4) is 0 Å². The van der Waals surface area contributed by atoms with Gasteiger partial charge in [-0.05, 0) is 31.5 Å². The van der Waals surface area contributed by atoms with Gasteiger partial charge < -0.3 is 4.74 Å². The number of halogens is 1. The van der Waals surface area contributed by atoms with E-state index in [1.54, 1.807) is 23.5 Å². The number of ether oxygens (including phenoxy) is 1. The van der Waals surface area contributed by atoms with Gasteiger partial charge in [0.05, 0.1) is 40.1 Å². The van der Waals surface area contributed by atoms with Crippen LogP contribution in [0.3, 0.4) is 0 Å². The van der Waals surface area contributed by atoms with Crippen molar-refractivity contribution < 1.29 is 22.9 Å². The van der Waals surface area contributed by atoms with Crippen molar-refractivity contribution in [3.05, 3.63) is 69.7 Å². The Bertz CT molecular complexity index is 1300. The second-order valence-corrected chi connectivity index (χ2v) is 8.36. The van der Waals surface area contributed by atoms with Crippen LogP contribution in [0.2, 0.25) is 0 Å². The third kappa shape index (κ3) is 4.86. The fraction of sp³-hybridized carbons (Fsp3) is 0.211. The quantitative estimate of drug-likeness (QED) is 0.219. The second kappa shape index (κ2) is 9.75. The SMILES string of the molecule is CCOC(=O)c1ccc2ncc(/C=N/N(C)S(=O)(=O)c3cc([N+](=O)[O-])ccc3C)n2c1.Cl. The molecule has 11 nitrogen and oxygen atoms in total. The molecule has 0 N–H and O–H groups in total. The smallest absolute Gasteiger partial charge is 0.339 e. The first kappa shape index (κ1) is 24.8. The number of nitrogens with zero attached hydrogens (tertiary/aromatic N) is 5. The molecule has 0 atom stereocenters. The van der Waals surface area contributed by atoms with Crippen molar-refractivity contribution >= 4 is 45.9 Å². The van der Waals surface area contributed by atoms with Gasteiger partial charge in [0.15, 0.2) is 0 Å². The molecule has 13 heteroatoms. The number of benzene rings is 1. The first-order valence-corrected chi connectivity index (χ1v) is 10.5. The summed E-state index contributed by atoms with van der Waals surface area (Å²) in [6.07, 6.45) is 4.24. The van der Waals surface area contributed by atoms with Crippen molar-refractivity contribution in [2.24, 2.45) is 5.10 Å². The summed E-state index contributed by atoms with van der Waals surface area (Å²) in [6.45, 7) is 3.47. The van der Waals surface area contributed by atoms with E-state index in [0.717, 1.165) is 6.07 Å². The van der Waals surface area contributed by atoms with E-state index in [0.29, 0.717) is 26.9 Å². The molecule has 0 aliphatic heterocycles. The Morgan fingerprint density at radius 3 is 2.72 bits per heavy atom. The van der Waals surface area contributed by atoms with Gasteiger partial charge in [-0.3, -0.25) is 14.5 Å². The number of carbonyl (C=O) groups is 1. The molecule has 1 aromatic carbocycles. The number of esters is 1. The Balaban J connectivity index is 0.00000363. The highest BCUT2D eigenvalue weighted by molar-refractivity contribution is 7.89. The Kier molecular flexibility index (Phi) is 7.54. The van der Waals surface area contributed by atoms with Crippen LogP contribution >= 0.6 is 12.4 Å². The summed E-state index contributed by atoms with van der Waals surface area (Å²) in [4.78, 5) is 26.3. The second-order valence-electron chi connectivity index (χ2n) is 6.44. The number of nitro benzene ring substituents is 1. The highest BCUT2D eigenvalue weighted by Crippen LogP contribution is 2.24. The molecule has 2 heterocycles. The zero-order valence-electron chi connectivity index (χ0n) is 17.3. The monoisotopic (exact) mass is 481 g/mol. The largest absolute Gasteiger partial charge is 0.462 e. The lowest BCUT2D eigenvalue weighted by Crippen LogP contribution is -2.23. The van der Waals surface area contributed by atoms with E-state index in [1.807, 2.05) is 0 Å². The van der Waals surface area contributed by atoms with Gasteiger partial charge in [0.25, 0.3) is 15.7 Å². The summed E-state index contributed by atoms with van der Waals surface area (Å²) in [7, 11) is -2.91. The normalized spacial score (nSPS) is 11.3. The molecular formula is C19H20ClN5O6S. The predicted molar refractivity (Wildman–Crippen MR) is 119 cm³/mol. The zero-order valence-corrected chi connectivity index (χ0v) is 19.0. The van der Waals surface area contributed by atoms with Crippen LogP contribution in [0, 0.1) is 17.0 Å². The molecule has 0 saturated carbocycles. The van der Waals surface area contributed by atoms with Crippen LogP contribution in [-0.2, 0) is 14.8 Å². The Labute approximate surface area is 189 Å². The molecule has 0 bridgehead atoms. The highest BCUT2D eigenvalue weighted by Gasteiger charge is 2.24. The first-order valence-electron chi connectivity index (χ1n) is 9.07. The maximum absolute atomic E-state index is 12.9. The Hall–Kier alpha value is -3.51. The fourth-order valence-electron chi connectivity index (χ4n) is 2.76. The summed E-state index contributed by atoms with van der Waals surface area (Å²) >= 11 is 0. The number of rotatable bonds is 7. The number of carbonyl (C=O) groups excluding carboxylic acids is 1. The minimum atomic E-state index is -4.13. The van der Waals surface area contributed by atoms with Crippen molar-refractivity contribution in [1.82, 2.24) is 13.8 Å². The zero-order chi connectivity index (χ0) is 22.8. The fourth-order valence-corrected chi connectivity index (χ4v) is 3.96. The third-order valence-electron chi connectivity index (χ3n) is 4.41. The summed E-state index contributed by atoms with van der Waals surface area (Å²) in [6, 6.07) is 6.79. The van der Waals surface area contributed by atoms with Gasteiger partial charge in [-0.25, -0.2) is 9.78 Å². The summed E-state index contributed by atoms with van der Waals surface area (Å²) in [5, 5.41) is 15.0. The highest BCUT2D eigenvalue weighted by atomic mass is 35.5. The van der Waals surface area contributed by atoms with Crippen LogP contribution < -0.4 is 0 Å². The van der Waals surface area contributed by atoms with Crippen molar-refractivity contribution in [2.75, 3.05) is 13.7 Å². The lowest BCUT2D eigenvalue weighted by atomic mass is 10.2. The van der Waals surface area contributed by atoms with Crippen LogP contribution in [-0.4, -0.2) is 53.0 Å². The Morgan fingerprint density at radius 2 is 2.06 bits per heavy atom. The maximum atomic E-state index is 12.9. The molecule has 0 saturated heterocycles. The number of fused-ring (bicyclic) bond motifs is 1. The van der Waals surface area contributed by atoms with Crippen molar-refractivity contribution in [1.29, 1.82) is 0 Å². The molecule has 3 aromatic rings. The van der Waals surface area contributed by atoms with Gasteiger partial charge in [-0.1, -0.05) is 6.07 Å². The number of aromatic nitrogens is 2. The molecule has 32 heavy (non-hydrogen) atoms. The first-order chi connectivity index (χ1) is 14.6.